The number of nitrogens with zero attached hydrogens (tertiary/aromatic N) is 2. The lowest BCUT2D eigenvalue weighted by Gasteiger charge is -2.22. The number of alkyl halides is 3. The molecule has 1 heterocycles. The summed E-state index contributed by atoms with van der Waals surface area (Å²) in [5.41, 5.74) is 11.4. The van der Waals surface area contributed by atoms with E-state index in [2.05, 4.69) is 15.6 Å². The maximum absolute atomic E-state index is 13.3. The molecule has 3 rings (SSSR count). The lowest BCUT2D eigenvalue weighted by molar-refractivity contribution is -0.137. The van der Waals surface area contributed by atoms with Crippen LogP contribution in [0.3, 0.4) is 0 Å². The molecule has 3 amide bonds. The summed E-state index contributed by atoms with van der Waals surface area (Å²) >= 11 is 0. The van der Waals surface area contributed by atoms with Crippen LogP contribution in [0.4, 0.5) is 18.9 Å². The van der Waals surface area contributed by atoms with Crippen LogP contribution in [0.2, 0.25) is 0 Å². The number of carbonyl (C=O) groups is 3. The summed E-state index contributed by atoms with van der Waals surface area (Å²) in [6.45, 7) is 2.87. The number of hydrogen-bond donors (Lipinski definition) is 4. The van der Waals surface area contributed by atoms with Crippen molar-refractivity contribution in [1.82, 2.24) is 15.2 Å². The number of carbonyl (C=O) groups excluding carboxylic acids is 3. The summed E-state index contributed by atoms with van der Waals surface area (Å²) < 4.78 is 39.0. The molecule has 0 fully saturated rings. The molecule has 0 aliphatic carbocycles. The summed E-state index contributed by atoms with van der Waals surface area (Å²) in [5.74, 6) is -2.09. The maximum Gasteiger partial charge on any atom is 0.416 e. The third kappa shape index (κ3) is 9.12. The van der Waals surface area contributed by atoms with E-state index in [4.69, 9.17) is 11.5 Å². The van der Waals surface area contributed by atoms with Crippen LogP contribution in [0.1, 0.15) is 30.9 Å². The molecule has 0 aliphatic rings. The minimum Gasteiger partial charge on any atom is -0.340 e. The van der Waals surface area contributed by atoms with Crippen LogP contribution in [0, 0.1) is 5.92 Å². The maximum atomic E-state index is 13.3. The molecule has 0 radical (unpaired) electrons. The van der Waals surface area contributed by atoms with Crippen molar-refractivity contribution in [1.29, 1.82) is 0 Å². The first kappa shape index (κ1) is 31.2. The Labute approximate surface area is 235 Å². The molecule has 41 heavy (non-hydrogen) atoms. The van der Waals surface area contributed by atoms with Gasteiger partial charge in [-0.05, 0) is 42.3 Å². The topological polar surface area (TPSA) is 143 Å². The fourth-order valence-electron chi connectivity index (χ4n) is 3.99. The standard InChI is InChI=1S/C29H33F3N6O3/c1-19(6-11-26(39)38(14-12-33)15-13-34)27(40)37-25(16-20-7-9-22(10-8-20)29(30,31)32)28(41)36-23-17-21-4-2-3-5-24(21)35-18-23/h2-5,7-10,16-19H,6,11-15,33-34H2,1H3,(H,36,41)(H,37,40)/b25-16+/t19-/m0/s1. The predicted octanol–water partition coefficient (Wildman–Crippen LogP) is 3.51. The first-order valence-corrected chi connectivity index (χ1v) is 13.1. The first-order chi connectivity index (χ1) is 19.5. The summed E-state index contributed by atoms with van der Waals surface area (Å²) in [7, 11) is 0. The average molecular weight is 571 g/mol. The van der Waals surface area contributed by atoms with Crippen LogP contribution >= 0.6 is 0 Å². The van der Waals surface area contributed by atoms with Gasteiger partial charge in [-0.25, -0.2) is 0 Å². The third-order valence-electron chi connectivity index (χ3n) is 6.29. The van der Waals surface area contributed by atoms with Crippen molar-refractivity contribution in [3.05, 3.63) is 77.6 Å². The SMILES string of the molecule is C[C@@H](CCC(=O)N(CCN)CCN)C(=O)N/C(=C/c1ccc(C(F)(F)F)cc1)C(=O)Nc1cnc2ccccc2c1. The summed E-state index contributed by atoms with van der Waals surface area (Å²) in [6, 6.07) is 13.2. The van der Waals surface area contributed by atoms with Crippen LogP contribution in [-0.2, 0) is 20.6 Å². The number of benzene rings is 2. The molecular formula is C29H33F3N6O3. The first-order valence-electron chi connectivity index (χ1n) is 13.1. The van der Waals surface area contributed by atoms with Gasteiger partial charge in [0.1, 0.15) is 5.70 Å². The van der Waals surface area contributed by atoms with E-state index in [1.165, 1.54) is 29.3 Å². The van der Waals surface area contributed by atoms with Gasteiger partial charge in [0, 0.05) is 43.9 Å². The van der Waals surface area contributed by atoms with Crippen molar-refractivity contribution < 1.29 is 27.6 Å². The van der Waals surface area contributed by atoms with Gasteiger partial charge in [-0.15, -0.1) is 0 Å². The van der Waals surface area contributed by atoms with Crippen molar-refractivity contribution in [2.24, 2.45) is 17.4 Å². The van der Waals surface area contributed by atoms with Crippen LogP contribution in [0.5, 0.6) is 0 Å². The zero-order valence-electron chi connectivity index (χ0n) is 22.6. The molecule has 2 aromatic carbocycles. The molecule has 1 atom stereocenters. The zero-order chi connectivity index (χ0) is 30.0. The van der Waals surface area contributed by atoms with E-state index in [1.807, 2.05) is 24.3 Å². The van der Waals surface area contributed by atoms with E-state index in [1.54, 1.807) is 13.0 Å². The molecule has 0 bridgehead atoms. The van der Waals surface area contributed by atoms with Gasteiger partial charge in [-0.3, -0.25) is 19.4 Å². The number of rotatable bonds is 12. The number of halogens is 3. The minimum absolute atomic E-state index is 0.0709. The highest BCUT2D eigenvalue weighted by atomic mass is 19.4. The number of aromatic nitrogens is 1. The van der Waals surface area contributed by atoms with E-state index in [9.17, 15) is 27.6 Å². The number of hydrogen-bond acceptors (Lipinski definition) is 6. The summed E-state index contributed by atoms with van der Waals surface area (Å²) in [5, 5.41) is 6.03. The Balaban J connectivity index is 1.79. The number of fused-ring (bicyclic) bond motifs is 1. The van der Waals surface area contributed by atoms with Crippen LogP contribution in [0.15, 0.2) is 66.5 Å². The van der Waals surface area contributed by atoms with Gasteiger partial charge in [0.2, 0.25) is 11.8 Å². The number of amides is 3. The lowest BCUT2D eigenvalue weighted by Crippen LogP contribution is -2.39. The third-order valence-corrected chi connectivity index (χ3v) is 6.29. The van der Waals surface area contributed by atoms with Crippen molar-refractivity contribution in [2.75, 3.05) is 31.5 Å². The van der Waals surface area contributed by atoms with E-state index in [0.717, 1.165) is 23.0 Å². The fraction of sp³-hybridized carbons (Fsp3) is 0.310. The van der Waals surface area contributed by atoms with Crippen molar-refractivity contribution in [3.63, 3.8) is 0 Å². The molecule has 1 aromatic heterocycles. The van der Waals surface area contributed by atoms with Gasteiger partial charge in [0.25, 0.3) is 5.91 Å². The molecule has 6 N–H and O–H groups in total. The van der Waals surface area contributed by atoms with Crippen molar-refractivity contribution in [3.8, 4) is 0 Å². The quantitative estimate of drug-likeness (QED) is 0.246. The molecule has 3 aromatic rings. The van der Waals surface area contributed by atoms with E-state index >= 15 is 0 Å². The second-order valence-electron chi connectivity index (χ2n) is 9.44. The normalized spacial score (nSPS) is 12.6. The number of nitrogens with two attached hydrogens (primary N) is 2. The Morgan fingerprint density at radius 2 is 1.68 bits per heavy atom. The van der Waals surface area contributed by atoms with Gasteiger partial charge >= 0.3 is 6.18 Å². The smallest absolute Gasteiger partial charge is 0.340 e. The highest BCUT2D eigenvalue weighted by Gasteiger charge is 2.30. The van der Waals surface area contributed by atoms with Gasteiger partial charge in [0.05, 0.1) is 23.0 Å². The summed E-state index contributed by atoms with van der Waals surface area (Å²) in [4.78, 5) is 44.7. The number of pyridine rings is 1. The largest absolute Gasteiger partial charge is 0.416 e. The Bertz CT molecular complexity index is 1390. The molecule has 0 unspecified atom stereocenters. The Hall–Kier alpha value is -4.29. The fourth-order valence-corrected chi connectivity index (χ4v) is 3.99. The highest BCUT2D eigenvalue weighted by molar-refractivity contribution is 6.09. The predicted molar refractivity (Wildman–Crippen MR) is 151 cm³/mol. The molecule has 9 nitrogen and oxygen atoms in total. The number of nitrogens with one attached hydrogen (secondary N) is 2. The van der Waals surface area contributed by atoms with Crippen LogP contribution < -0.4 is 22.1 Å². The second kappa shape index (κ2) is 14.4. The zero-order valence-corrected chi connectivity index (χ0v) is 22.6. The number of para-hydroxylation sites is 1. The van der Waals surface area contributed by atoms with E-state index in [0.29, 0.717) is 18.8 Å². The van der Waals surface area contributed by atoms with Crippen molar-refractivity contribution >= 4 is 40.4 Å². The van der Waals surface area contributed by atoms with Gasteiger partial charge in [-0.1, -0.05) is 37.3 Å². The van der Waals surface area contributed by atoms with Crippen molar-refractivity contribution in [2.45, 2.75) is 25.9 Å². The number of anilines is 1. The average Bonchev–Trinajstić information content (AvgIpc) is 2.94. The Morgan fingerprint density at radius 1 is 1.02 bits per heavy atom. The van der Waals surface area contributed by atoms with Gasteiger partial charge in [-0.2, -0.15) is 13.2 Å². The monoisotopic (exact) mass is 570 g/mol. The molecule has 12 heteroatoms. The highest BCUT2D eigenvalue weighted by Crippen LogP contribution is 2.29. The van der Waals surface area contributed by atoms with Gasteiger partial charge in [0.15, 0.2) is 0 Å². The van der Waals surface area contributed by atoms with E-state index in [-0.39, 0.29) is 43.1 Å². The molecule has 0 aliphatic heterocycles. The molecular weight excluding hydrogens is 537 g/mol. The second-order valence-corrected chi connectivity index (χ2v) is 9.44. The van der Waals surface area contributed by atoms with E-state index < -0.39 is 29.5 Å². The molecule has 0 saturated heterocycles. The van der Waals surface area contributed by atoms with Crippen LogP contribution in [0.25, 0.3) is 17.0 Å². The minimum atomic E-state index is -4.52. The molecule has 218 valence electrons. The molecule has 0 spiro atoms. The molecule has 0 saturated carbocycles. The Kier molecular flexibility index (Phi) is 11.0. The lowest BCUT2D eigenvalue weighted by atomic mass is 10.0. The summed E-state index contributed by atoms with van der Waals surface area (Å²) in [6.07, 6.45) is -1.51. The van der Waals surface area contributed by atoms with Gasteiger partial charge < -0.3 is 27.0 Å². The van der Waals surface area contributed by atoms with Crippen LogP contribution in [-0.4, -0.2) is 53.8 Å². The Morgan fingerprint density at radius 3 is 2.32 bits per heavy atom.